The van der Waals surface area contributed by atoms with Crippen molar-refractivity contribution in [2.75, 3.05) is 0 Å². The molecule has 0 spiro atoms. The van der Waals surface area contributed by atoms with E-state index in [2.05, 4.69) is 0 Å². The van der Waals surface area contributed by atoms with Crippen LogP contribution < -0.4 is 4.74 Å². The molecule has 0 atom stereocenters. The van der Waals surface area contributed by atoms with Gasteiger partial charge in [0.2, 0.25) is 5.06 Å². The first-order valence-electron chi connectivity index (χ1n) is 3.03. The molecule has 2 nitrogen and oxygen atoms in total. The molecule has 0 amide bonds. The van der Waals surface area contributed by atoms with Crippen LogP contribution >= 0.6 is 22.9 Å². The highest BCUT2D eigenvalue weighted by molar-refractivity contribution is 7.12. The molecule has 0 aromatic carbocycles. The molecule has 0 aliphatic rings. The average Bonchev–Trinajstić information content (AvgIpc) is 2.18. The fraction of sp³-hybridized carbons (Fsp3) is 0.286. The molecular weight excluding hydrogens is 184 g/mol. The van der Waals surface area contributed by atoms with E-state index in [1.165, 1.54) is 18.3 Å². The lowest BCUT2D eigenvalue weighted by atomic mass is 10.4. The van der Waals surface area contributed by atoms with E-state index in [1.54, 1.807) is 0 Å². The Labute approximate surface area is 73.7 Å². The van der Waals surface area contributed by atoms with E-state index in [1.807, 2.05) is 12.3 Å². The molecule has 1 aromatic heterocycles. The Morgan fingerprint density at radius 3 is 2.73 bits per heavy atom. The van der Waals surface area contributed by atoms with E-state index >= 15 is 0 Å². The quantitative estimate of drug-likeness (QED) is 0.637. The van der Waals surface area contributed by atoms with Crippen LogP contribution in [0.4, 0.5) is 0 Å². The van der Waals surface area contributed by atoms with Crippen molar-refractivity contribution in [3.05, 3.63) is 16.0 Å². The third-order valence-corrected chi connectivity index (χ3v) is 2.66. The second-order valence-electron chi connectivity index (χ2n) is 2.11. The van der Waals surface area contributed by atoms with E-state index in [0.29, 0.717) is 10.1 Å². The van der Waals surface area contributed by atoms with E-state index in [0.717, 1.165) is 5.56 Å². The van der Waals surface area contributed by atoms with Crippen LogP contribution in [0.3, 0.4) is 0 Å². The Morgan fingerprint density at radius 1 is 1.73 bits per heavy atom. The van der Waals surface area contributed by atoms with Crippen LogP contribution in [0.25, 0.3) is 0 Å². The third kappa shape index (κ3) is 1.94. The summed E-state index contributed by atoms with van der Waals surface area (Å²) in [5.74, 6) is -0.339. The van der Waals surface area contributed by atoms with Crippen LogP contribution in [0.15, 0.2) is 5.38 Å². The number of carbonyl (C=O) groups is 1. The molecule has 0 N–H and O–H groups in total. The second-order valence-corrected chi connectivity index (χ2v) is 3.33. The normalized spacial score (nSPS) is 9.73. The van der Waals surface area contributed by atoms with Crippen molar-refractivity contribution in [1.82, 2.24) is 0 Å². The highest BCUT2D eigenvalue weighted by Crippen LogP contribution is 2.34. The average molecular weight is 191 g/mol. The standard InChI is InChI=1S/C7H7ClO2S/c1-4-3-11-7(6(4)8)10-5(2)9/h3H,1-2H3. The van der Waals surface area contributed by atoms with Gasteiger partial charge in [-0.25, -0.2) is 0 Å². The molecule has 0 unspecified atom stereocenters. The lowest BCUT2D eigenvalue weighted by molar-refractivity contribution is -0.131. The number of ether oxygens (including phenoxy) is 1. The molecule has 60 valence electrons. The van der Waals surface area contributed by atoms with Crippen molar-refractivity contribution in [1.29, 1.82) is 0 Å². The third-order valence-electron chi connectivity index (χ3n) is 1.10. The van der Waals surface area contributed by atoms with Crippen molar-refractivity contribution >= 4 is 28.9 Å². The van der Waals surface area contributed by atoms with Gasteiger partial charge in [0.05, 0.1) is 5.02 Å². The molecule has 0 aliphatic heterocycles. The second kappa shape index (κ2) is 3.24. The lowest BCUT2D eigenvalue weighted by Gasteiger charge is -1.95. The van der Waals surface area contributed by atoms with Crippen LogP contribution in [-0.2, 0) is 4.79 Å². The number of halogens is 1. The van der Waals surface area contributed by atoms with E-state index in [-0.39, 0.29) is 5.97 Å². The Morgan fingerprint density at radius 2 is 2.36 bits per heavy atom. The lowest BCUT2D eigenvalue weighted by Crippen LogP contribution is -1.99. The molecule has 1 aromatic rings. The molecule has 1 rings (SSSR count). The molecule has 0 bridgehead atoms. The minimum atomic E-state index is -0.339. The first-order chi connectivity index (χ1) is 5.11. The minimum absolute atomic E-state index is 0.339. The maximum Gasteiger partial charge on any atom is 0.308 e. The molecule has 0 saturated carbocycles. The van der Waals surface area contributed by atoms with Gasteiger partial charge in [-0.15, -0.1) is 11.3 Å². The van der Waals surface area contributed by atoms with E-state index in [9.17, 15) is 4.79 Å². The van der Waals surface area contributed by atoms with Crippen LogP contribution in [0.1, 0.15) is 12.5 Å². The van der Waals surface area contributed by atoms with Crippen molar-refractivity contribution in [2.24, 2.45) is 0 Å². The molecule has 0 radical (unpaired) electrons. The Kier molecular flexibility index (Phi) is 2.52. The predicted molar refractivity (Wildman–Crippen MR) is 45.4 cm³/mol. The summed E-state index contributed by atoms with van der Waals surface area (Å²) in [6.45, 7) is 3.22. The highest BCUT2D eigenvalue weighted by atomic mass is 35.5. The molecular formula is C7H7ClO2S. The maximum atomic E-state index is 10.5. The molecule has 0 fully saturated rings. The Bertz CT molecular complexity index is 280. The Hall–Kier alpha value is -0.540. The summed E-state index contributed by atoms with van der Waals surface area (Å²) in [5, 5.41) is 2.86. The summed E-state index contributed by atoms with van der Waals surface area (Å²) in [5.41, 5.74) is 0.938. The zero-order valence-corrected chi connectivity index (χ0v) is 7.75. The van der Waals surface area contributed by atoms with E-state index < -0.39 is 0 Å². The summed E-state index contributed by atoms with van der Waals surface area (Å²) < 4.78 is 4.81. The molecule has 4 heteroatoms. The first-order valence-corrected chi connectivity index (χ1v) is 4.29. The maximum absolute atomic E-state index is 10.5. The summed E-state index contributed by atoms with van der Waals surface area (Å²) >= 11 is 7.12. The SMILES string of the molecule is CC(=O)Oc1scc(C)c1Cl. The highest BCUT2D eigenvalue weighted by Gasteiger charge is 2.08. The summed E-state index contributed by atoms with van der Waals surface area (Å²) in [4.78, 5) is 10.5. The molecule has 11 heavy (non-hydrogen) atoms. The topological polar surface area (TPSA) is 26.3 Å². The van der Waals surface area contributed by atoms with E-state index in [4.69, 9.17) is 16.3 Å². The number of rotatable bonds is 1. The van der Waals surface area contributed by atoms with Crippen LogP contribution in [0, 0.1) is 6.92 Å². The summed E-state index contributed by atoms with van der Waals surface area (Å²) in [7, 11) is 0. The van der Waals surface area contributed by atoms with Gasteiger partial charge in [-0.2, -0.15) is 0 Å². The van der Waals surface area contributed by atoms with Gasteiger partial charge in [0.1, 0.15) is 0 Å². The zero-order valence-electron chi connectivity index (χ0n) is 6.18. The minimum Gasteiger partial charge on any atom is -0.414 e. The van der Waals surface area contributed by atoms with Gasteiger partial charge < -0.3 is 4.74 Å². The monoisotopic (exact) mass is 190 g/mol. The fourth-order valence-corrected chi connectivity index (χ4v) is 1.73. The van der Waals surface area contributed by atoms with Crippen molar-refractivity contribution in [3.63, 3.8) is 0 Å². The number of aryl methyl sites for hydroxylation is 1. The fourth-order valence-electron chi connectivity index (χ4n) is 0.606. The first kappa shape index (κ1) is 8.56. The Balaban J connectivity index is 2.87. The van der Waals surface area contributed by atoms with Gasteiger partial charge in [-0.3, -0.25) is 4.79 Å². The smallest absolute Gasteiger partial charge is 0.308 e. The molecule has 0 aliphatic carbocycles. The van der Waals surface area contributed by atoms with Gasteiger partial charge in [-0.05, 0) is 17.9 Å². The molecule has 0 saturated heterocycles. The van der Waals surface area contributed by atoms with Gasteiger partial charge >= 0.3 is 5.97 Å². The summed E-state index contributed by atoms with van der Waals surface area (Å²) in [6, 6.07) is 0. The number of hydrogen-bond donors (Lipinski definition) is 0. The number of hydrogen-bond acceptors (Lipinski definition) is 3. The largest absolute Gasteiger partial charge is 0.414 e. The number of carbonyl (C=O) groups excluding carboxylic acids is 1. The van der Waals surface area contributed by atoms with Gasteiger partial charge in [0.15, 0.2) is 0 Å². The number of esters is 1. The summed E-state index contributed by atoms with van der Waals surface area (Å²) in [6.07, 6.45) is 0. The van der Waals surface area contributed by atoms with Crippen molar-refractivity contribution in [3.8, 4) is 5.06 Å². The predicted octanol–water partition coefficient (Wildman–Crippen LogP) is 2.64. The van der Waals surface area contributed by atoms with Crippen LogP contribution in [-0.4, -0.2) is 5.97 Å². The van der Waals surface area contributed by atoms with Crippen molar-refractivity contribution < 1.29 is 9.53 Å². The van der Waals surface area contributed by atoms with Gasteiger partial charge in [0, 0.05) is 6.92 Å². The van der Waals surface area contributed by atoms with Gasteiger partial charge in [-0.1, -0.05) is 11.6 Å². The molecule has 1 heterocycles. The van der Waals surface area contributed by atoms with Gasteiger partial charge in [0.25, 0.3) is 0 Å². The number of thiophene rings is 1. The van der Waals surface area contributed by atoms with Crippen LogP contribution in [0.5, 0.6) is 5.06 Å². The van der Waals surface area contributed by atoms with Crippen molar-refractivity contribution in [2.45, 2.75) is 13.8 Å². The zero-order chi connectivity index (χ0) is 8.43. The van der Waals surface area contributed by atoms with Crippen LogP contribution in [0.2, 0.25) is 5.02 Å².